The Morgan fingerprint density at radius 3 is 2.28 bits per heavy atom. The van der Waals surface area contributed by atoms with Gasteiger partial charge in [-0.1, -0.05) is 24.4 Å². The van der Waals surface area contributed by atoms with Gasteiger partial charge in [-0.2, -0.15) is 5.10 Å². The van der Waals surface area contributed by atoms with Gasteiger partial charge in [0.1, 0.15) is 5.60 Å². The molecule has 2 aliphatic rings. The molecule has 100 valence electrons. The van der Waals surface area contributed by atoms with Crippen molar-refractivity contribution >= 4 is 11.6 Å². The first-order valence-electron chi connectivity index (χ1n) is 6.95. The van der Waals surface area contributed by atoms with Gasteiger partial charge in [0.2, 0.25) is 0 Å². The SMILES string of the molecule is Cn1ncc(Cl)c1C1(O)CCC2(CCCC2)CC1. The van der Waals surface area contributed by atoms with Crippen molar-refractivity contribution in [3.8, 4) is 0 Å². The summed E-state index contributed by atoms with van der Waals surface area (Å²) in [5.41, 5.74) is 0.560. The Bertz CT molecular complexity index is 419. The number of hydrogen-bond acceptors (Lipinski definition) is 2. The normalized spacial score (nSPS) is 25.7. The minimum Gasteiger partial charge on any atom is -0.384 e. The quantitative estimate of drug-likeness (QED) is 0.848. The highest BCUT2D eigenvalue weighted by Gasteiger charge is 2.45. The van der Waals surface area contributed by atoms with Crippen LogP contribution in [0.15, 0.2) is 6.20 Å². The molecule has 2 aliphatic carbocycles. The number of aromatic nitrogens is 2. The second kappa shape index (κ2) is 4.24. The van der Waals surface area contributed by atoms with Crippen molar-refractivity contribution in [2.45, 2.75) is 57.0 Å². The third kappa shape index (κ3) is 1.88. The summed E-state index contributed by atoms with van der Waals surface area (Å²) in [7, 11) is 1.86. The average Bonchev–Trinajstić information content (AvgIpc) is 2.93. The molecule has 0 bridgehead atoms. The molecule has 0 saturated heterocycles. The molecule has 3 rings (SSSR count). The van der Waals surface area contributed by atoms with E-state index in [9.17, 15) is 5.11 Å². The van der Waals surface area contributed by atoms with E-state index in [-0.39, 0.29) is 0 Å². The Hall–Kier alpha value is -0.540. The van der Waals surface area contributed by atoms with Crippen LogP contribution in [0.1, 0.15) is 57.1 Å². The highest BCUT2D eigenvalue weighted by molar-refractivity contribution is 6.31. The molecular weight excluding hydrogens is 248 g/mol. The van der Waals surface area contributed by atoms with E-state index in [2.05, 4.69) is 5.10 Å². The van der Waals surface area contributed by atoms with Crippen LogP contribution in [0, 0.1) is 5.41 Å². The van der Waals surface area contributed by atoms with Gasteiger partial charge in [-0.15, -0.1) is 0 Å². The van der Waals surface area contributed by atoms with Crippen LogP contribution in [0.25, 0.3) is 0 Å². The molecule has 1 aromatic rings. The summed E-state index contributed by atoms with van der Waals surface area (Å²) in [6.07, 6.45) is 11.0. The van der Waals surface area contributed by atoms with Crippen LogP contribution < -0.4 is 0 Å². The lowest BCUT2D eigenvalue weighted by Gasteiger charge is -2.42. The van der Waals surface area contributed by atoms with E-state index < -0.39 is 5.60 Å². The fourth-order valence-corrected chi connectivity index (χ4v) is 4.33. The predicted molar refractivity (Wildman–Crippen MR) is 71.5 cm³/mol. The molecule has 3 nitrogen and oxygen atoms in total. The summed E-state index contributed by atoms with van der Waals surface area (Å²) < 4.78 is 1.73. The van der Waals surface area contributed by atoms with Gasteiger partial charge in [-0.05, 0) is 43.9 Å². The topological polar surface area (TPSA) is 38.0 Å². The second-order valence-electron chi connectivity index (χ2n) is 6.20. The number of halogens is 1. The Balaban J connectivity index is 1.82. The van der Waals surface area contributed by atoms with Crippen molar-refractivity contribution in [1.29, 1.82) is 0 Å². The van der Waals surface area contributed by atoms with Crippen molar-refractivity contribution < 1.29 is 5.11 Å². The minimum atomic E-state index is -0.768. The van der Waals surface area contributed by atoms with E-state index in [1.165, 1.54) is 25.7 Å². The summed E-state index contributed by atoms with van der Waals surface area (Å²) in [4.78, 5) is 0. The molecule has 2 saturated carbocycles. The van der Waals surface area contributed by atoms with Crippen molar-refractivity contribution in [2.75, 3.05) is 0 Å². The average molecular weight is 269 g/mol. The Morgan fingerprint density at radius 2 is 1.78 bits per heavy atom. The van der Waals surface area contributed by atoms with Crippen LogP contribution in [0.3, 0.4) is 0 Å². The van der Waals surface area contributed by atoms with Crippen LogP contribution in [0.5, 0.6) is 0 Å². The van der Waals surface area contributed by atoms with Crippen LogP contribution >= 0.6 is 11.6 Å². The molecule has 1 aromatic heterocycles. The van der Waals surface area contributed by atoms with E-state index in [1.54, 1.807) is 10.9 Å². The zero-order valence-electron chi connectivity index (χ0n) is 11.0. The first-order chi connectivity index (χ1) is 8.55. The van der Waals surface area contributed by atoms with E-state index in [4.69, 9.17) is 11.6 Å². The number of nitrogens with zero attached hydrogens (tertiary/aromatic N) is 2. The van der Waals surface area contributed by atoms with Crippen LogP contribution in [-0.4, -0.2) is 14.9 Å². The molecule has 1 N–H and O–H groups in total. The molecule has 0 aliphatic heterocycles. The van der Waals surface area contributed by atoms with Gasteiger partial charge in [-0.25, -0.2) is 0 Å². The molecule has 0 radical (unpaired) electrons. The molecule has 0 unspecified atom stereocenters. The van der Waals surface area contributed by atoms with Gasteiger partial charge in [0, 0.05) is 7.05 Å². The summed E-state index contributed by atoms with van der Waals surface area (Å²) in [5.74, 6) is 0. The molecule has 4 heteroatoms. The van der Waals surface area contributed by atoms with Crippen LogP contribution in [0.4, 0.5) is 0 Å². The lowest BCUT2D eigenvalue weighted by molar-refractivity contribution is -0.0433. The monoisotopic (exact) mass is 268 g/mol. The molecular formula is C14H21ClN2O. The summed E-state index contributed by atoms with van der Waals surface area (Å²) in [6, 6.07) is 0. The number of hydrogen-bond donors (Lipinski definition) is 1. The maximum Gasteiger partial charge on any atom is 0.108 e. The maximum absolute atomic E-state index is 10.9. The lowest BCUT2D eigenvalue weighted by Crippen LogP contribution is -2.37. The molecule has 1 spiro atoms. The highest BCUT2D eigenvalue weighted by atomic mass is 35.5. The third-order valence-electron chi connectivity index (χ3n) is 5.14. The van der Waals surface area contributed by atoms with Crippen molar-refractivity contribution in [1.82, 2.24) is 9.78 Å². The summed E-state index contributed by atoms with van der Waals surface area (Å²) in [5, 5.41) is 15.6. The lowest BCUT2D eigenvalue weighted by atomic mass is 9.67. The maximum atomic E-state index is 10.9. The van der Waals surface area contributed by atoms with Crippen LogP contribution in [0.2, 0.25) is 5.02 Å². The van der Waals surface area contributed by atoms with Crippen molar-refractivity contribution in [3.05, 3.63) is 16.9 Å². The molecule has 18 heavy (non-hydrogen) atoms. The molecule has 0 amide bonds. The van der Waals surface area contributed by atoms with Gasteiger partial charge in [0.25, 0.3) is 0 Å². The van der Waals surface area contributed by atoms with E-state index in [0.717, 1.165) is 31.4 Å². The number of aryl methyl sites for hydroxylation is 1. The van der Waals surface area contributed by atoms with Gasteiger partial charge in [0.05, 0.1) is 16.9 Å². The summed E-state index contributed by atoms with van der Waals surface area (Å²) in [6.45, 7) is 0. The van der Waals surface area contributed by atoms with Gasteiger partial charge >= 0.3 is 0 Å². The second-order valence-corrected chi connectivity index (χ2v) is 6.61. The molecule has 2 fully saturated rings. The Kier molecular flexibility index (Phi) is 2.94. The van der Waals surface area contributed by atoms with E-state index in [1.807, 2.05) is 7.05 Å². The first kappa shape index (κ1) is 12.5. The fraction of sp³-hybridized carbons (Fsp3) is 0.786. The highest BCUT2D eigenvalue weighted by Crippen LogP contribution is 2.54. The van der Waals surface area contributed by atoms with Crippen molar-refractivity contribution in [2.24, 2.45) is 12.5 Å². The molecule has 1 heterocycles. The zero-order valence-corrected chi connectivity index (χ0v) is 11.7. The van der Waals surface area contributed by atoms with Gasteiger partial charge in [-0.3, -0.25) is 4.68 Å². The Morgan fingerprint density at radius 1 is 1.17 bits per heavy atom. The largest absolute Gasteiger partial charge is 0.384 e. The third-order valence-corrected chi connectivity index (χ3v) is 5.41. The number of aliphatic hydroxyl groups is 1. The van der Waals surface area contributed by atoms with Gasteiger partial charge < -0.3 is 5.11 Å². The Labute approximate surface area is 113 Å². The molecule has 0 atom stereocenters. The van der Waals surface area contributed by atoms with E-state index in [0.29, 0.717) is 10.4 Å². The smallest absolute Gasteiger partial charge is 0.108 e. The van der Waals surface area contributed by atoms with Gasteiger partial charge in [0.15, 0.2) is 0 Å². The standard InChI is InChI=1S/C14H21ClN2O/c1-17-12(11(15)10-16-17)14(18)8-6-13(7-9-14)4-2-3-5-13/h10,18H,2-9H2,1H3. The van der Waals surface area contributed by atoms with Crippen molar-refractivity contribution in [3.63, 3.8) is 0 Å². The van der Waals surface area contributed by atoms with Crippen LogP contribution in [-0.2, 0) is 12.6 Å². The molecule has 0 aromatic carbocycles. The minimum absolute atomic E-state index is 0.525. The van der Waals surface area contributed by atoms with E-state index >= 15 is 0 Å². The zero-order chi connectivity index (χ0) is 12.8. The fourth-order valence-electron chi connectivity index (χ4n) is 3.99. The number of rotatable bonds is 1. The summed E-state index contributed by atoms with van der Waals surface area (Å²) >= 11 is 6.18. The predicted octanol–water partition coefficient (Wildman–Crippen LogP) is 3.40. The first-order valence-corrected chi connectivity index (χ1v) is 7.33.